The number of rotatable bonds is 4. The van der Waals surface area contributed by atoms with Crippen LogP contribution in [-0.4, -0.2) is 19.9 Å². The largest absolute Gasteiger partial charge is 0.496 e. The molecule has 0 amide bonds. The van der Waals surface area contributed by atoms with Crippen LogP contribution in [0.5, 0.6) is 5.75 Å². The maximum Gasteiger partial charge on any atom is 0.126 e. The van der Waals surface area contributed by atoms with E-state index in [1.807, 2.05) is 24.3 Å². The fraction of sp³-hybridized carbons (Fsp3) is 0.273. The third-order valence-corrected chi connectivity index (χ3v) is 2.60. The molecule has 0 aliphatic heterocycles. The predicted octanol–water partition coefficient (Wildman–Crippen LogP) is 2.39. The lowest BCUT2D eigenvalue weighted by molar-refractivity contribution is 0.413. The molecule has 0 bridgehead atoms. The van der Waals surface area contributed by atoms with Crippen LogP contribution in [0, 0.1) is 0 Å². The van der Waals surface area contributed by atoms with Gasteiger partial charge in [0.2, 0.25) is 0 Å². The van der Waals surface area contributed by atoms with Crippen molar-refractivity contribution in [3.8, 4) is 5.75 Å². The first-order valence-corrected chi connectivity index (χ1v) is 5.63. The molecule has 0 radical (unpaired) electrons. The highest BCUT2D eigenvalue weighted by Crippen LogP contribution is 2.25. The van der Waals surface area contributed by atoms with Gasteiger partial charge in [-0.25, -0.2) is 0 Å². The Morgan fingerprint density at radius 1 is 1.50 bits per heavy atom. The van der Waals surface area contributed by atoms with E-state index in [9.17, 15) is 0 Å². The van der Waals surface area contributed by atoms with Gasteiger partial charge in [0.05, 0.1) is 7.11 Å². The van der Waals surface area contributed by atoms with Crippen LogP contribution in [0.2, 0.25) is 0 Å². The summed E-state index contributed by atoms with van der Waals surface area (Å²) in [6.07, 6.45) is 5.96. The number of hydrogen-bond donors (Lipinski definition) is 1. The molecule has 0 spiro atoms. The monoisotopic (exact) mass is 209 g/mol. The van der Waals surface area contributed by atoms with Gasteiger partial charge in [0.15, 0.2) is 0 Å². The number of thioether (sulfide) groups is 1. The van der Waals surface area contributed by atoms with Crippen molar-refractivity contribution in [1.82, 2.24) is 0 Å². The molecule has 0 aromatic heterocycles. The second kappa shape index (κ2) is 5.73. The Balaban J connectivity index is 3.02. The highest BCUT2D eigenvalue weighted by Gasteiger charge is 2.00. The van der Waals surface area contributed by atoms with E-state index in [2.05, 4.69) is 12.3 Å². The quantitative estimate of drug-likeness (QED) is 0.773. The molecule has 0 unspecified atom stereocenters. The van der Waals surface area contributed by atoms with Gasteiger partial charge in [-0.3, -0.25) is 0 Å². The maximum absolute atomic E-state index is 5.41. The Kier molecular flexibility index (Phi) is 4.56. The Bertz CT molecular complexity index is 323. The summed E-state index contributed by atoms with van der Waals surface area (Å²) in [5.41, 5.74) is 6.48. The average molecular weight is 209 g/mol. The van der Waals surface area contributed by atoms with Gasteiger partial charge in [-0.05, 0) is 24.5 Å². The zero-order valence-electron chi connectivity index (χ0n) is 8.49. The Hall–Kier alpha value is -0.930. The van der Waals surface area contributed by atoms with Crippen LogP contribution in [0.25, 0.3) is 6.08 Å². The first-order valence-electron chi connectivity index (χ1n) is 4.40. The van der Waals surface area contributed by atoms with Crippen LogP contribution in [0.1, 0.15) is 5.56 Å². The molecule has 0 fully saturated rings. The Morgan fingerprint density at radius 3 is 2.86 bits per heavy atom. The molecular weight excluding hydrogens is 194 g/mol. The van der Waals surface area contributed by atoms with Gasteiger partial charge in [-0.1, -0.05) is 12.2 Å². The van der Waals surface area contributed by atoms with Gasteiger partial charge < -0.3 is 10.5 Å². The van der Waals surface area contributed by atoms with E-state index in [-0.39, 0.29) is 0 Å². The van der Waals surface area contributed by atoms with Crippen molar-refractivity contribution in [3.63, 3.8) is 0 Å². The summed E-state index contributed by atoms with van der Waals surface area (Å²) < 4.78 is 5.24. The molecule has 3 heteroatoms. The number of benzene rings is 1. The molecular formula is C11H15NOS. The molecule has 1 aromatic carbocycles. The van der Waals surface area contributed by atoms with E-state index in [1.165, 1.54) is 4.90 Å². The molecule has 2 N–H and O–H groups in total. The van der Waals surface area contributed by atoms with Gasteiger partial charge in [-0.2, -0.15) is 0 Å². The van der Waals surface area contributed by atoms with E-state index in [0.717, 1.165) is 11.3 Å². The van der Waals surface area contributed by atoms with Crippen molar-refractivity contribution in [1.29, 1.82) is 0 Å². The van der Waals surface area contributed by atoms with Crippen LogP contribution >= 0.6 is 11.8 Å². The molecule has 2 nitrogen and oxygen atoms in total. The second-order valence-electron chi connectivity index (χ2n) is 2.75. The van der Waals surface area contributed by atoms with Crippen LogP contribution < -0.4 is 10.5 Å². The topological polar surface area (TPSA) is 35.2 Å². The number of ether oxygens (including phenoxy) is 1. The maximum atomic E-state index is 5.41. The van der Waals surface area contributed by atoms with Crippen molar-refractivity contribution in [2.24, 2.45) is 5.73 Å². The number of hydrogen-bond acceptors (Lipinski definition) is 3. The second-order valence-corrected chi connectivity index (χ2v) is 3.63. The summed E-state index contributed by atoms with van der Waals surface area (Å²) in [5, 5.41) is 0. The van der Waals surface area contributed by atoms with Gasteiger partial charge in [0.25, 0.3) is 0 Å². The summed E-state index contributed by atoms with van der Waals surface area (Å²) in [7, 11) is 1.67. The van der Waals surface area contributed by atoms with E-state index in [1.54, 1.807) is 18.9 Å². The molecule has 0 aliphatic carbocycles. The van der Waals surface area contributed by atoms with Gasteiger partial charge in [0, 0.05) is 17.0 Å². The third-order valence-electron chi connectivity index (χ3n) is 1.87. The highest BCUT2D eigenvalue weighted by atomic mass is 32.2. The zero-order chi connectivity index (χ0) is 10.4. The lowest BCUT2D eigenvalue weighted by Gasteiger charge is -2.06. The first kappa shape index (κ1) is 11.1. The molecule has 0 saturated heterocycles. The normalized spacial score (nSPS) is 10.8. The average Bonchev–Trinajstić information content (AvgIpc) is 2.25. The molecule has 1 aromatic rings. The van der Waals surface area contributed by atoms with Gasteiger partial charge >= 0.3 is 0 Å². The lowest BCUT2D eigenvalue weighted by Crippen LogP contribution is -1.93. The fourth-order valence-corrected chi connectivity index (χ4v) is 1.61. The van der Waals surface area contributed by atoms with E-state index in [4.69, 9.17) is 10.5 Å². The zero-order valence-corrected chi connectivity index (χ0v) is 9.30. The minimum absolute atomic E-state index is 0.548. The minimum atomic E-state index is 0.548. The van der Waals surface area contributed by atoms with Gasteiger partial charge in [0.1, 0.15) is 5.75 Å². The van der Waals surface area contributed by atoms with Crippen molar-refractivity contribution in [2.75, 3.05) is 19.9 Å². The lowest BCUT2D eigenvalue weighted by atomic mass is 10.2. The standard InChI is InChI=1S/C11H15NOS/c1-13-11-6-5-10(14-2)8-9(11)4-3-7-12/h3-6,8H,7,12H2,1-2H3/b4-3+. The van der Waals surface area contributed by atoms with E-state index < -0.39 is 0 Å². The Labute approximate surface area is 89.1 Å². The SMILES string of the molecule is COc1ccc(SC)cc1/C=C/CN. The molecule has 0 heterocycles. The molecule has 0 aliphatic rings. The third kappa shape index (κ3) is 2.79. The number of methoxy groups -OCH3 is 1. The summed E-state index contributed by atoms with van der Waals surface area (Å²) >= 11 is 1.71. The van der Waals surface area contributed by atoms with Crippen LogP contribution in [-0.2, 0) is 0 Å². The summed E-state index contributed by atoms with van der Waals surface area (Å²) in [6.45, 7) is 0.548. The van der Waals surface area contributed by atoms with E-state index >= 15 is 0 Å². The van der Waals surface area contributed by atoms with Gasteiger partial charge in [-0.15, -0.1) is 11.8 Å². The molecule has 1 rings (SSSR count). The van der Waals surface area contributed by atoms with Crippen LogP contribution in [0.4, 0.5) is 0 Å². The van der Waals surface area contributed by atoms with Crippen molar-refractivity contribution in [3.05, 3.63) is 29.8 Å². The molecule has 76 valence electrons. The molecule has 0 saturated carbocycles. The van der Waals surface area contributed by atoms with Crippen molar-refractivity contribution < 1.29 is 4.74 Å². The highest BCUT2D eigenvalue weighted by molar-refractivity contribution is 7.98. The number of nitrogens with two attached hydrogens (primary N) is 1. The molecule has 0 atom stereocenters. The Morgan fingerprint density at radius 2 is 2.29 bits per heavy atom. The van der Waals surface area contributed by atoms with Crippen molar-refractivity contribution in [2.45, 2.75) is 4.90 Å². The fourth-order valence-electron chi connectivity index (χ4n) is 1.16. The van der Waals surface area contributed by atoms with E-state index in [0.29, 0.717) is 6.54 Å². The van der Waals surface area contributed by atoms with Crippen LogP contribution in [0.3, 0.4) is 0 Å². The summed E-state index contributed by atoms with van der Waals surface area (Å²) in [5.74, 6) is 0.882. The van der Waals surface area contributed by atoms with Crippen LogP contribution in [0.15, 0.2) is 29.2 Å². The van der Waals surface area contributed by atoms with Crippen molar-refractivity contribution >= 4 is 17.8 Å². The minimum Gasteiger partial charge on any atom is -0.496 e. The summed E-state index contributed by atoms with van der Waals surface area (Å²) in [4.78, 5) is 1.22. The summed E-state index contributed by atoms with van der Waals surface area (Å²) in [6, 6.07) is 6.11. The molecule has 14 heavy (non-hydrogen) atoms. The first-order chi connectivity index (χ1) is 6.81. The smallest absolute Gasteiger partial charge is 0.126 e. The predicted molar refractivity (Wildman–Crippen MR) is 62.9 cm³/mol.